The molecule has 0 radical (unpaired) electrons. The number of unbranched alkanes of at least 4 members (excludes halogenated alkanes) is 3. The quantitative estimate of drug-likeness (QED) is 0.605. The van der Waals surface area contributed by atoms with Gasteiger partial charge >= 0.3 is 0 Å². The van der Waals surface area contributed by atoms with Crippen molar-refractivity contribution < 1.29 is 4.74 Å². The molecule has 1 N–H and O–H groups in total. The van der Waals surface area contributed by atoms with Gasteiger partial charge in [-0.15, -0.1) is 0 Å². The van der Waals surface area contributed by atoms with Gasteiger partial charge in [0, 0.05) is 12.2 Å². The molecule has 0 saturated heterocycles. The molecule has 3 nitrogen and oxygen atoms in total. The monoisotopic (exact) mass is 278 g/mol. The fraction of sp³-hybridized carbons (Fsp3) is 0.706. The smallest absolute Gasteiger partial charge is 0.137 e. The molecule has 1 aromatic heterocycles. The van der Waals surface area contributed by atoms with Crippen LogP contribution in [0.1, 0.15) is 70.9 Å². The Morgan fingerprint density at radius 2 is 1.95 bits per heavy atom. The minimum absolute atomic E-state index is 0.398. The summed E-state index contributed by atoms with van der Waals surface area (Å²) in [5.41, 5.74) is 1.25. The molecule has 1 unspecified atom stereocenters. The fourth-order valence-electron chi connectivity index (χ4n) is 2.33. The summed E-state index contributed by atoms with van der Waals surface area (Å²) in [6, 6.07) is 2.53. The number of ether oxygens (including phenoxy) is 1. The summed E-state index contributed by atoms with van der Waals surface area (Å²) in [4.78, 5) is 4.32. The van der Waals surface area contributed by atoms with Crippen LogP contribution in [0.25, 0.3) is 0 Å². The molecule has 20 heavy (non-hydrogen) atoms. The number of pyridine rings is 1. The number of hydrogen-bond acceptors (Lipinski definition) is 3. The Morgan fingerprint density at radius 3 is 2.65 bits per heavy atom. The van der Waals surface area contributed by atoms with Crippen LogP contribution in [-0.2, 0) is 0 Å². The highest BCUT2D eigenvalue weighted by Gasteiger charge is 2.11. The van der Waals surface area contributed by atoms with Crippen LogP contribution in [-0.4, -0.2) is 18.1 Å². The second-order valence-corrected chi connectivity index (χ2v) is 5.26. The zero-order valence-electron chi connectivity index (χ0n) is 13.3. The van der Waals surface area contributed by atoms with Crippen molar-refractivity contribution in [3.63, 3.8) is 0 Å². The van der Waals surface area contributed by atoms with E-state index in [1.807, 2.05) is 6.20 Å². The van der Waals surface area contributed by atoms with Gasteiger partial charge < -0.3 is 10.1 Å². The molecular formula is C17H30N2O. The number of nitrogens with zero attached hydrogens (tertiary/aromatic N) is 1. The molecular weight excluding hydrogens is 248 g/mol. The van der Waals surface area contributed by atoms with Crippen LogP contribution < -0.4 is 10.1 Å². The van der Waals surface area contributed by atoms with Crippen molar-refractivity contribution in [1.29, 1.82) is 0 Å². The molecule has 1 rings (SSSR count). The minimum atomic E-state index is 0.398. The topological polar surface area (TPSA) is 34.2 Å². The third kappa shape index (κ3) is 6.38. The lowest BCUT2D eigenvalue weighted by Gasteiger charge is -2.18. The van der Waals surface area contributed by atoms with E-state index in [1.165, 1.54) is 37.7 Å². The molecule has 0 amide bonds. The molecule has 1 heterocycles. The van der Waals surface area contributed by atoms with E-state index in [9.17, 15) is 0 Å². The van der Waals surface area contributed by atoms with Crippen molar-refractivity contribution in [2.75, 3.05) is 13.2 Å². The first-order valence-corrected chi connectivity index (χ1v) is 8.12. The van der Waals surface area contributed by atoms with Crippen molar-refractivity contribution in [2.45, 2.75) is 65.3 Å². The molecule has 0 spiro atoms. The molecule has 0 fully saturated rings. The van der Waals surface area contributed by atoms with E-state index in [4.69, 9.17) is 4.74 Å². The first-order valence-electron chi connectivity index (χ1n) is 8.12. The van der Waals surface area contributed by atoms with Crippen LogP contribution in [0.15, 0.2) is 18.5 Å². The van der Waals surface area contributed by atoms with E-state index >= 15 is 0 Å². The summed E-state index contributed by atoms with van der Waals surface area (Å²) in [5, 5.41) is 3.56. The Labute approximate surface area is 124 Å². The maximum atomic E-state index is 5.68. The maximum Gasteiger partial charge on any atom is 0.137 e. The van der Waals surface area contributed by atoms with Crippen LogP contribution in [0.3, 0.4) is 0 Å². The molecule has 0 saturated carbocycles. The molecule has 0 aromatic carbocycles. The van der Waals surface area contributed by atoms with Gasteiger partial charge in [0.2, 0.25) is 0 Å². The summed E-state index contributed by atoms with van der Waals surface area (Å²) < 4.78 is 5.68. The second kappa shape index (κ2) is 10.7. The number of hydrogen-bond donors (Lipinski definition) is 1. The van der Waals surface area contributed by atoms with E-state index < -0.39 is 0 Å². The number of aromatic nitrogens is 1. The first-order chi connectivity index (χ1) is 9.81. The van der Waals surface area contributed by atoms with Crippen molar-refractivity contribution in [3.05, 3.63) is 24.0 Å². The van der Waals surface area contributed by atoms with Gasteiger partial charge in [-0.05, 0) is 31.0 Å². The van der Waals surface area contributed by atoms with Gasteiger partial charge in [0.25, 0.3) is 0 Å². The molecule has 114 valence electrons. The van der Waals surface area contributed by atoms with Crippen LogP contribution in [0.5, 0.6) is 5.75 Å². The fourth-order valence-corrected chi connectivity index (χ4v) is 2.33. The zero-order valence-corrected chi connectivity index (χ0v) is 13.3. The lowest BCUT2D eigenvalue weighted by Crippen LogP contribution is -2.21. The Kier molecular flexibility index (Phi) is 9.05. The SMILES string of the molecule is CCCCCCC(NCC)c1cncc(OCCC)c1. The molecule has 0 aliphatic heterocycles. The van der Waals surface area contributed by atoms with E-state index in [0.29, 0.717) is 6.04 Å². The van der Waals surface area contributed by atoms with Gasteiger partial charge in [-0.2, -0.15) is 0 Å². The van der Waals surface area contributed by atoms with Crippen LogP contribution >= 0.6 is 0 Å². The molecule has 0 aliphatic carbocycles. The lowest BCUT2D eigenvalue weighted by atomic mass is 10.0. The van der Waals surface area contributed by atoms with Gasteiger partial charge in [-0.25, -0.2) is 0 Å². The lowest BCUT2D eigenvalue weighted by molar-refractivity contribution is 0.315. The normalized spacial score (nSPS) is 12.3. The first kappa shape index (κ1) is 17.0. The van der Waals surface area contributed by atoms with Crippen molar-refractivity contribution in [1.82, 2.24) is 10.3 Å². The largest absolute Gasteiger partial charge is 0.492 e. The molecule has 0 aliphatic rings. The summed E-state index contributed by atoms with van der Waals surface area (Å²) in [7, 11) is 0. The Balaban J connectivity index is 2.59. The highest BCUT2D eigenvalue weighted by atomic mass is 16.5. The summed E-state index contributed by atoms with van der Waals surface area (Å²) >= 11 is 0. The van der Waals surface area contributed by atoms with Crippen molar-refractivity contribution >= 4 is 0 Å². The zero-order chi connectivity index (χ0) is 14.6. The molecule has 3 heteroatoms. The maximum absolute atomic E-state index is 5.68. The van der Waals surface area contributed by atoms with Crippen molar-refractivity contribution in [3.8, 4) is 5.75 Å². The average molecular weight is 278 g/mol. The Morgan fingerprint density at radius 1 is 1.10 bits per heavy atom. The average Bonchev–Trinajstić information content (AvgIpc) is 2.48. The minimum Gasteiger partial charge on any atom is -0.492 e. The number of rotatable bonds is 11. The van der Waals surface area contributed by atoms with E-state index in [2.05, 4.69) is 37.1 Å². The van der Waals surface area contributed by atoms with E-state index in [1.54, 1.807) is 6.20 Å². The predicted molar refractivity (Wildman–Crippen MR) is 85.2 cm³/mol. The molecule has 1 atom stereocenters. The van der Waals surface area contributed by atoms with Crippen LogP contribution in [0, 0.1) is 0 Å². The van der Waals surface area contributed by atoms with Gasteiger partial charge in [0.15, 0.2) is 0 Å². The standard InChI is InChI=1S/C17H30N2O/c1-4-7-8-9-10-17(19-6-3)15-12-16(14-18-13-15)20-11-5-2/h12-14,17,19H,4-11H2,1-3H3. The highest BCUT2D eigenvalue weighted by Crippen LogP contribution is 2.23. The van der Waals surface area contributed by atoms with E-state index in [0.717, 1.165) is 25.3 Å². The van der Waals surface area contributed by atoms with Gasteiger partial charge in [-0.1, -0.05) is 46.5 Å². The number of nitrogens with one attached hydrogen (secondary N) is 1. The second-order valence-electron chi connectivity index (χ2n) is 5.26. The third-order valence-corrected chi connectivity index (χ3v) is 3.41. The molecule has 1 aromatic rings. The van der Waals surface area contributed by atoms with E-state index in [-0.39, 0.29) is 0 Å². The molecule has 0 bridgehead atoms. The highest BCUT2D eigenvalue weighted by molar-refractivity contribution is 5.26. The third-order valence-electron chi connectivity index (χ3n) is 3.41. The Bertz CT molecular complexity index is 355. The summed E-state index contributed by atoms with van der Waals surface area (Å²) in [6.45, 7) is 8.27. The van der Waals surface area contributed by atoms with Crippen LogP contribution in [0.4, 0.5) is 0 Å². The van der Waals surface area contributed by atoms with Crippen molar-refractivity contribution in [2.24, 2.45) is 0 Å². The predicted octanol–water partition coefficient (Wildman–Crippen LogP) is 4.49. The van der Waals surface area contributed by atoms with Gasteiger partial charge in [0.05, 0.1) is 12.8 Å². The van der Waals surface area contributed by atoms with Gasteiger partial charge in [-0.3, -0.25) is 4.98 Å². The van der Waals surface area contributed by atoms with Crippen LogP contribution in [0.2, 0.25) is 0 Å². The van der Waals surface area contributed by atoms with Gasteiger partial charge in [0.1, 0.15) is 5.75 Å². The summed E-state index contributed by atoms with van der Waals surface area (Å²) in [5.74, 6) is 0.890. The Hall–Kier alpha value is -1.09. The summed E-state index contributed by atoms with van der Waals surface area (Å²) in [6.07, 6.45) is 11.2.